The molecule has 1 heterocycles. The fourth-order valence-corrected chi connectivity index (χ4v) is 1.65. The van der Waals surface area contributed by atoms with Crippen LogP contribution in [0.25, 0.3) is 0 Å². The molecule has 2 aromatic rings. The second-order valence-corrected chi connectivity index (χ2v) is 4.41. The van der Waals surface area contributed by atoms with E-state index in [2.05, 4.69) is 20.9 Å². The third-order valence-corrected chi connectivity index (χ3v) is 2.79. The van der Waals surface area contributed by atoms with Crippen molar-refractivity contribution in [3.8, 4) is 5.75 Å². The lowest BCUT2D eigenvalue weighted by Crippen LogP contribution is -2.19. The molecule has 0 fully saturated rings. The average molecular weight is 281 g/mol. The molecule has 0 aliphatic carbocycles. The Labute approximate surface area is 103 Å². The Balaban J connectivity index is 1.90. The molecule has 0 amide bonds. The van der Waals surface area contributed by atoms with Gasteiger partial charge in [0.05, 0.1) is 6.04 Å². The molecule has 4 heteroatoms. The van der Waals surface area contributed by atoms with Crippen molar-refractivity contribution in [2.75, 3.05) is 6.61 Å². The Kier molecular flexibility index (Phi) is 3.64. The largest absolute Gasteiger partial charge is 0.492 e. The molecule has 0 aliphatic heterocycles. The predicted molar refractivity (Wildman–Crippen MR) is 67.4 cm³/mol. The van der Waals surface area contributed by atoms with E-state index >= 15 is 0 Å². The molecular weight excluding hydrogens is 268 g/mol. The van der Waals surface area contributed by atoms with Gasteiger partial charge in [0.2, 0.25) is 0 Å². The average Bonchev–Trinajstić information content (AvgIpc) is 2.81. The van der Waals surface area contributed by atoms with Gasteiger partial charge in [-0.25, -0.2) is 0 Å². The first kappa shape index (κ1) is 11.2. The third-order valence-electron chi connectivity index (χ3n) is 2.26. The van der Waals surface area contributed by atoms with Crippen molar-refractivity contribution in [1.82, 2.24) is 4.98 Å². The van der Waals surface area contributed by atoms with Crippen molar-refractivity contribution in [3.63, 3.8) is 0 Å². The molecule has 0 bridgehead atoms. The van der Waals surface area contributed by atoms with Gasteiger partial charge in [0, 0.05) is 16.4 Å². The monoisotopic (exact) mass is 280 g/mol. The second-order valence-electron chi connectivity index (χ2n) is 3.50. The first-order valence-corrected chi connectivity index (χ1v) is 5.82. The number of rotatable bonds is 4. The predicted octanol–water partition coefficient (Wildman–Crippen LogP) is 2.86. The Morgan fingerprint density at radius 2 is 2.00 bits per heavy atom. The van der Waals surface area contributed by atoms with Crippen LogP contribution in [0.15, 0.2) is 47.1 Å². The van der Waals surface area contributed by atoms with Crippen LogP contribution in [0.5, 0.6) is 5.75 Å². The summed E-state index contributed by atoms with van der Waals surface area (Å²) in [6.07, 6.45) is 1.86. The normalized spacial score (nSPS) is 12.4. The molecule has 0 saturated carbocycles. The van der Waals surface area contributed by atoms with Crippen molar-refractivity contribution in [3.05, 3.63) is 52.8 Å². The first-order chi connectivity index (χ1) is 7.75. The van der Waals surface area contributed by atoms with Crippen LogP contribution in [0, 0.1) is 0 Å². The van der Waals surface area contributed by atoms with Gasteiger partial charge in [0.25, 0.3) is 0 Å². The van der Waals surface area contributed by atoms with Crippen molar-refractivity contribution in [2.24, 2.45) is 5.73 Å². The highest BCUT2D eigenvalue weighted by Gasteiger charge is 2.06. The van der Waals surface area contributed by atoms with Crippen molar-refractivity contribution in [2.45, 2.75) is 6.04 Å². The number of nitrogens with two attached hydrogens (primary N) is 1. The zero-order chi connectivity index (χ0) is 11.4. The van der Waals surface area contributed by atoms with Crippen LogP contribution in [0.2, 0.25) is 0 Å². The molecular formula is C12H13BrN2O. The molecule has 84 valence electrons. The zero-order valence-electron chi connectivity index (χ0n) is 8.69. The fourth-order valence-electron chi connectivity index (χ4n) is 1.38. The summed E-state index contributed by atoms with van der Waals surface area (Å²) < 4.78 is 6.62. The molecule has 3 nitrogen and oxygen atoms in total. The lowest BCUT2D eigenvalue weighted by molar-refractivity contribution is 0.289. The van der Waals surface area contributed by atoms with Gasteiger partial charge >= 0.3 is 0 Å². The van der Waals surface area contributed by atoms with Crippen LogP contribution in [0.4, 0.5) is 0 Å². The maximum Gasteiger partial charge on any atom is 0.119 e. The minimum Gasteiger partial charge on any atom is -0.492 e. The van der Waals surface area contributed by atoms with E-state index in [1.165, 1.54) is 0 Å². The quantitative estimate of drug-likeness (QED) is 0.905. The zero-order valence-corrected chi connectivity index (χ0v) is 10.3. The van der Waals surface area contributed by atoms with Crippen LogP contribution in [-0.2, 0) is 0 Å². The summed E-state index contributed by atoms with van der Waals surface area (Å²) in [6, 6.07) is 11.4. The summed E-state index contributed by atoms with van der Waals surface area (Å²) in [7, 11) is 0. The summed E-state index contributed by atoms with van der Waals surface area (Å²) in [4.78, 5) is 3.07. The summed E-state index contributed by atoms with van der Waals surface area (Å²) in [5.41, 5.74) is 6.94. The second kappa shape index (κ2) is 5.18. The third kappa shape index (κ3) is 2.87. The van der Waals surface area contributed by atoms with Crippen LogP contribution < -0.4 is 10.5 Å². The van der Waals surface area contributed by atoms with Crippen molar-refractivity contribution >= 4 is 15.9 Å². The van der Waals surface area contributed by atoms with E-state index in [9.17, 15) is 0 Å². The fraction of sp³-hybridized carbons (Fsp3) is 0.167. The number of aromatic nitrogens is 1. The van der Waals surface area contributed by atoms with Gasteiger partial charge in [0.15, 0.2) is 0 Å². The van der Waals surface area contributed by atoms with Crippen molar-refractivity contribution < 1.29 is 4.74 Å². The van der Waals surface area contributed by atoms with Crippen LogP contribution in [-0.4, -0.2) is 11.6 Å². The maximum atomic E-state index is 5.95. The molecule has 0 aliphatic rings. The molecule has 0 spiro atoms. The van der Waals surface area contributed by atoms with Crippen LogP contribution in [0.3, 0.4) is 0 Å². The number of halogens is 1. The number of nitrogens with one attached hydrogen (secondary N) is 1. The Morgan fingerprint density at radius 1 is 1.25 bits per heavy atom. The molecule has 1 atom stereocenters. The van der Waals surface area contributed by atoms with E-state index in [1.807, 2.05) is 42.6 Å². The lowest BCUT2D eigenvalue weighted by atomic mass is 10.2. The van der Waals surface area contributed by atoms with E-state index in [-0.39, 0.29) is 6.04 Å². The molecule has 3 N–H and O–H groups in total. The number of benzene rings is 1. The topological polar surface area (TPSA) is 51.0 Å². The molecule has 1 aromatic heterocycles. The van der Waals surface area contributed by atoms with E-state index in [1.54, 1.807) is 0 Å². The Morgan fingerprint density at radius 3 is 2.62 bits per heavy atom. The number of hydrogen-bond donors (Lipinski definition) is 2. The van der Waals surface area contributed by atoms with Gasteiger partial charge in [-0.15, -0.1) is 0 Å². The molecule has 1 aromatic carbocycles. The molecule has 2 rings (SSSR count). The Hall–Kier alpha value is -1.26. The lowest BCUT2D eigenvalue weighted by Gasteiger charge is -2.11. The molecule has 16 heavy (non-hydrogen) atoms. The van der Waals surface area contributed by atoms with E-state index in [0.29, 0.717) is 6.61 Å². The highest BCUT2D eigenvalue weighted by atomic mass is 79.9. The highest BCUT2D eigenvalue weighted by molar-refractivity contribution is 9.10. The molecule has 0 saturated heterocycles. The van der Waals surface area contributed by atoms with Crippen LogP contribution in [0.1, 0.15) is 11.7 Å². The first-order valence-electron chi connectivity index (χ1n) is 5.03. The summed E-state index contributed by atoms with van der Waals surface area (Å²) >= 11 is 3.37. The minimum absolute atomic E-state index is 0.126. The number of ether oxygens (including phenoxy) is 1. The van der Waals surface area contributed by atoms with Gasteiger partial charge in [-0.3, -0.25) is 0 Å². The van der Waals surface area contributed by atoms with Crippen LogP contribution >= 0.6 is 15.9 Å². The van der Waals surface area contributed by atoms with E-state index < -0.39 is 0 Å². The minimum atomic E-state index is -0.126. The summed E-state index contributed by atoms with van der Waals surface area (Å²) in [5.74, 6) is 0.824. The number of aromatic amines is 1. The van der Waals surface area contributed by atoms with E-state index in [4.69, 9.17) is 10.5 Å². The maximum absolute atomic E-state index is 5.95. The van der Waals surface area contributed by atoms with Gasteiger partial charge in [-0.2, -0.15) is 0 Å². The van der Waals surface area contributed by atoms with Gasteiger partial charge < -0.3 is 15.5 Å². The van der Waals surface area contributed by atoms with Gasteiger partial charge in [-0.05, 0) is 36.4 Å². The SMILES string of the molecule is NC(COc1ccc(Br)cc1)c1ccc[nH]1. The van der Waals surface area contributed by atoms with E-state index in [0.717, 1.165) is 15.9 Å². The number of H-pyrrole nitrogens is 1. The summed E-state index contributed by atoms with van der Waals surface area (Å²) in [6.45, 7) is 0.460. The Bertz CT molecular complexity index is 425. The van der Waals surface area contributed by atoms with Crippen molar-refractivity contribution in [1.29, 1.82) is 0 Å². The van der Waals surface area contributed by atoms with Gasteiger partial charge in [-0.1, -0.05) is 15.9 Å². The number of hydrogen-bond acceptors (Lipinski definition) is 2. The molecule has 1 unspecified atom stereocenters. The highest BCUT2D eigenvalue weighted by Crippen LogP contribution is 2.17. The van der Waals surface area contributed by atoms with Gasteiger partial charge in [0.1, 0.15) is 12.4 Å². The smallest absolute Gasteiger partial charge is 0.119 e. The summed E-state index contributed by atoms with van der Waals surface area (Å²) in [5, 5.41) is 0. The standard InChI is InChI=1S/C12H13BrN2O/c13-9-3-5-10(6-4-9)16-8-11(14)12-2-1-7-15-12/h1-7,11,15H,8,14H2. The molecule has 0 radical (unpaired) electrons.